The van der Waals surface area contributed by atoms with Gasteiger partial charge in [0, 0.05) is 31.4 Å². The van der Waals surface area contributed by atoms with Crippen LogP contribution in [0.3, 0.4) is 0 Å². The molecule has 1 fully saturated rings. The fraction of sp³-hybridized carbons (Fsp3) is 0.278. The van der Waals surface area contributed by atoms with Crippen molar-refractivity contribution in [2.24, 2.45) is 4.40 Å². The van der Waals surface area contributed by atoms with E-state index in [1.54, 1.807) is 18.2 Å². The molecular weight excluding hydrogens is 409 g/mol. The highest BCUT2D eigenvalue weighted by Gasteiger charge is 2.31. The number of anilines is 1. The molecule has 142 valence electrons. The molecule has 0 aliphatic carbocycles. The van der Waals surface area contributed by atoms with E-state index >= 15 is 0 Å². The Kier molecular flexibility index (Phi) is 4.92. The fourth-order valence-electron chi connectivity index (χ4n) is 3.12. The summed E-state index contributed by atoms with van der Waals surface area (Å²) in [5.74, 6) is 1.81. The number of guanidine groups is 1. The average molecular weight is 426 g/mol. The number of sulfonamides is 1. The fourth-order valence-corrected chi connectivity index (χ4v) is 4.41. The van der Waals surface area contributed by atoms with E-state index < -0.39 is 10.0 Å². The molecular formula is C18H17Cl2N3O3S. The Hall–Kier alpha value is -1.96. The van der Waals surface area contributed by atoms with Gasteiger partial charge in [0.05, 0.1) is 15.8 Å². The number of benzene rings is 2. The standard InChI is InChI=1S/C18H17Cl2N3O3S/c19-16-7-6-15(12-17(16)20)26-14-4-2-13(3-5-14)23-9-1-8-22-10-11-27(24,25)21-18(22)23/h2-7,12H,1,8-11H2. The van der Waals surface area contributed by atoms with Gasteiger partial charge < -0.3 is 14.5 Å². The lowest BCUT2D eigenvalue weighted by Gasteiger charge is -2.40. The first-order valence-electron chi connectivity index (χ1n) is 8.49. The quantitative estimate of drug-likeness (QED) is 0.743. The number of hydrogen-bond acceptors (Lipinski definition) is 5. The van der Waals surface area contributed by atoms with Crippen LogP contribution in [0.4, 0.5) is 5.69 Å². The predicted octanol–water partition coefficient (Wildman–Crippen LogP) is 4.00. The van der Waals surface area contributed by atoms with Crippen LogP contribution in [0.25, 0.3) is 0 Å². The van der Waals surface area contributed by atoms with Gasteiger partial charge in [0.15, 0.2) is 0 Å². The molecule has 0 radical (unpaired) electrons. The minimum atomic E-state index is -3.39. The van der Waals surface area contributed by atoms with Crippen molar-refractivity contribution in [2.45, 2.75) is 6.42 Å². The number of fused-ring (bicyclic) bond motifs is 1. The monoisotopic (exact) mass is 425 g/mol. The molecule has 2 heterocycles. The van der Waals surface area contributed by atoms with Crippen molar-refractivity contribution in [2.75, 3.05) is 30.3 Å². The van der Waals surface area contributed by atoms with Gasteiger partial charge in [-0.05, 0) is 42.8 Å². The van der Waals surface area contributed by atoms with E-state index in [9.17, 15) is 8.42 Å². The third kappa shape index (κ3) is 4.00. The van der Waals surface area contributed by atoms with Crippen LogP contribution in [0.2, 0.25) is 10.0 Å². The van der Waals surface area contributed by atoms with E-state index in [4.69, 9.17) is 27.9 Å². The van der Waals surface area contributed by atoms with E-state index in [0.717, 1.165) is 25.2 Å². The molecule has 2 aromatic carbocycles. The largest absolute Gasteiger partial charge is 0.457 e. The molecule has 0 aromatic heterocycles. The minimum Gasteiger partial charge on any atom is -0.457 e. The molecule has 2 aromatic rings. The molecule has 0 unspecified atom stereocenters. The zero-order valence-corrected chi connectivity index (χ0v) is 16.6. The Balaban J connectivity index is 1.56. The lowest BCUT2D eigenvalue weighted by molar-refractivity contribution is 0.394. The summed E-state index contributed by atoms with van der Waals surface area (Å²) in [6.45, 7) is 2.03. The second-order valence-electron chi connectivity index (χ2n) is 6.34. The Morgan fingerprint density at radius 2 is 1.67 bits per heavy atom. The lowest BCUT2D eigenvalue weighted by Crippen LogP contribution is -2.54. The highest BCUT2D eigenvalue weighted by molar-refractivity contribution is 7.90. The SMILES string of the molecule is O=S1(=O)CCN2CCCN(c3ccc(Oc4ccc(Cl)c(Cl)c4)cc3)C2=N1. The molecule has 0 amide bonds. The first-order chi connectivity index (χ1) is 12.9. The van der Waals surface area contributed by atoms with Crippen molar-refractivity contribution in [1.29, 1.82) is 0 Å². The summed E-state index contributed by atoms with van der Waals surface area (Å²) in [5.41, 5.74) is 0.872. The maximum atomic E-state index is 11.9. The van der Waals surface area contributed by atoms with Gasteiger partial charge in [0.25, 0.3) is 10.0 Å². The molecule has 0 bridgehead atoms. The third-order valence-corrected chi connectivity index (χ3v) is 6.33. The smallest absolute Gasteiger partial charge is 0.258 e. The molecule has 27 heavy (non-hydrogen) atoms. The zero-order valence-electron chi connectivity index (χ0n) is 14.3. The highest BCUT2D eigenvalue weighted by atomic mass is 35.5. The molecule has 0 saturated carbocycles. The van der Waals surface area contributed by atoms with Gasteiger partial charge in [-0.1, -0.05) is 23.2 Å². The van der Waals surface area contributed by atoms with Gasteiger partial charge in [-0.2, -0.15) is 0 Å². The van der Waals surface area contributed by atoms with Crippen LogP contribution < -0.4 is 9.64 Å². The van der Waals surface area contributed by atoms with Crippen LogP contribution in [0.1, 0.15) is 6.42 Å². The normalized spacial score (nSPS) is 18.7. The van der Waals surface area contributed by atoms with Gasteiger partial charge in [0.2, 0.25) is 5.96 Å². The average Bonchev–Trinajstić information content (AvgIpc) is 2.64. The number of hydrogen-bond donors (Lipinski definition) is 0. The Morgan fingerprint density at radius 3 is 2.41 bits per heavy atom. The summed E-state index contributed by atoms with van der Waals surface area (Å²) in [5, 5.41) is 0.896. The molecule has 9 heteroatoms. The van der Waals surface area contributed by atoms with Crippen LogP contribution in [0, 0.1) is 0 Å². The summed E-state index contributed by atoms with van der Waals surface area (Å²) in [4.78, 5) is 3.95. The van der Waals surface area contributed by atoms with Crippen molar-refractivity contribution in [3.63, 3.8) is 0 Å². The van der Waals surface area contributed by atoms with Crippen LogP contribution in [0.15, 0.2) is 46.9 Å². The van der Waals surface area contributed by atoms with Gasteiger partial charge >= 0.3 is 0 Å². The van der Waals surface area contributed by atoms with Crippen LogP contribution in [0.5, 0.6) is 11.5 Å². The Labute approximate surface area is 168 Å². The molecule has 2 aliphatic heterocycles. The van der Waals surface area contributed by atoms with Crippen molar-refractivity contribution in [3.05, 3.63) is 52.5 Å². The maximum Gasteiger partial charge on any atom is 0.258 e. The summed E-state index contributed by atoms with van der Waals surface area (Å²) in [6, 6.07) is 12.5. The minimum absolute atomic E-state index is 0.0702. The van der Waals surface area contributed by atoms with E-state index in [-0.39, 0.29) is 5.75 Å². The Bertz CT molecular complexity index is 993. The zero-order chi connectivity index (χ0) is 19.0. The van der Waals surface area contributed by atoms with E-state index in [1.807, 2.05) is 34.1 Å². The van der Waals surface area contributed by atoms with Crippen molar-refractivity contribution in [3.8, 4) is 11.5 Å². The molecule has 0 spiro atoms. The predicted molar refractivity (Wildman–Crippen MR) is 108 cm³/mol. The summed E-state index contributed by atoms with van der Waals surface area (Å²) in [7, 11) is -3.39. The van der Waals surface area contributed by atoms with Crippen molar-refractivity contribution >= 4 is 44.9 Å². The first kappa shape index (κ1) is 18.4. The molecule has 0 N–H and O–H groups in total. The highest BCUT2D eigenvalue weighted by Crippen LogP contribution is 2.31. The summed E-state index contributed by atoms with van der Waals surface area (Å²) >= 11 is 11.9. The molecule has 1 saturated heterocycles. The van der Waals surface area contributed by atoms with Crippen molar-refractivity contribution < 1.29 is 13.2 Å². The third-order valence-electron chi connectivity index (χ3n) is 4.45. The Morgan fingerprint density at radius 1 is 0.926 bits per heavy atom. The molecule has 0 atom stereocenters. The van der Waals surface area contributed by atoms with Crippen LogP contribution >= 0.6 is 23.2 Å². The molecule has 4 rings (SSSR count). The van der Waals surface area contributed by atoms with E-state index in [0.29, 0.717) is 34.0 Å². The van der Waals surface area contributed by atoms with Crippen LogP contribution in [-0.4, -0.2) is 44.7 Å². The molecule has 2 aliphatic rings. The summed E-state index contributed by atoms with van der Waals surface area (Å²) in [6.07, 6.45) is 0.945. The van der Waals surface area contributed by atoms with E-state index in [1.165, 1.54) is 0 Å². The second kappa shape index (κ2) is 7.22. The topological polar surface area (TPSA) is 62.2 Å². The lowest BCUT2D eigenvalue weighted by atomic mass is 10.2. The number of halogens is 2. The van der Waals surface area contributed by atoms with Crippen molar-refractivity contribution in [1.82, 2.24) is 4.90 Å². The van der Waals surface area contributed by atoms with Gasteiger partial charge in [0.1, 0.15) is 11.5 Å². The number of rotatable bonds is 3. The van der Waals surface area contributed by atoms with E-state index in [2.05, 4.69) is 4.40 Å². The second-order valence-corrected chi connectivity index (χ2v) is 8.91. The van der Waals surface area contributed by atoms with Crippen LogP contribution in [-0.2, 0) is 10.0 Å². The van der Waals surface area contributed by atoms with Gasteiger partial charge in [-0.25, -0.2) is 8.42 Å². The number of ether oxygens (including phenoxy) is 1. The van der Waals surface area contributed by atoms with Gasteiger partial charge in [-0.3, -0.25) is 0 Å². The van der Waals surface area contributed by atoms with Gasteiger partial charge in [-0.15, -0.1) is 4.40 Å². The number of nitrogens with zero attached hydrogens (tertiary/aromatic N) is 3. The maximum absolute atomic E-state index is 11.9. The first-order valence-corrected chi connectivity index (χ1v) is 10.9. The molecule has 6 nitrogen and oxygen atoms in total. The summed E-state index contributed by atoms with van der Waals surface area (Å²) < 4.78 is 33.6.